The first kappa shape index (κ1) is 49.3. The van der Waals surface area contributed by atoms with E-state index in [0.29, 0.717) is 56.2 Å². The number of para-hydroxylation sites is 1. The van der Waals surface area contributed by atoms with Crippen LogP contribution in [-0.2, 0) is 30.4 Å². The SMILES string of the molecule is Cc1cc(Oc2c(C)cc(Oc3c(C)cc(Oc4c(C)cc(Oc5c(C)cc(Oc6c(C)cccc6C)c(S(=O)(=O)[O-])c5C)c(S(=O)(=O)O)c4C)c(S(=O)(=O)[O-])c3C)cc2C)cc(C)c1[O-]. The lowest BCUT2D eigenvalue weighted by Gasteiger charge is -2.24. The number of hydrogen-bond donors (Lipinski definition) is 1. The van der Waals surface area contributed by atoms with E-state index in [2.05, 4.69) is 0 Å². The molecule has 1 N–H and O–H groups in total. The van der Waals surface area contributed by atoms with Crippen LogP contribution in [0.1, 0.15) is 66.8 Å². The molecule has 0 saturated carbocycles. The molecule has 18 heteroatoms. The lowest BCUT2D eigenvalue weighted by molar-refractivity contribution is -0.270. The van der Waals surface area contributed by atoms with Crippen LogP contribution in [0, 0.1) is 83.1 Å². The molecule has 0 aliphatic heterocycles. The summed E-state index contributed by atoms with van der Waals surface area (Å²) in [4.78, 5) is -2.41. The van der Waals surface area contributed by atoms with Gasteiger partial charge in [0, 0.05) is 16.7 Å². The monoisotopic (exact) mass is 959 g/mol. The van der Waals surface area contributed by atoms with Crippen LogP contribution in [0.5, 0.6) is 63.2 Å². The van der Waals surface area contributed by atoms with E-state index in [4.69, 9.17) is 23.7 Å². The Hall–Kier alpha value is -6.15. The van der Waals surface area contributed by atoms with Crippen LogP contribution in [0.2, 0.25) is 0 Å². The Labute approximate surface area is 384 Å². The molecule has 0 spiro atoms. The van der Waals surface area contributed by atoms with E-state index in [9.17, 15) is 44.0 Å². The van der Waals surface area contributed by atoms with Crippen molar-refractivity contribution in [1.82, 2.24) is 0 Å². The van der Waals surface area contributed by atoms with Crippen molar-refractivity contribution >= 4 is 30.4 Å². The van der Waals surface area contributed by atoms with E-state index in [1.165, 1.54) is 46.8 Å². The smallest absolute Gasteiger partial charge is 0.298 e. The first-order chi connectivity index (χ1) is 30.5. The van der Waals surface area contributed by atoms with E-state index < -0.39 is 56.5 Å². The van der Waals surface area contributed by atoms with Crippen LogP contribution in [0.25, 0.3) is 0 Å². The molecule has 6 aromatic carbocycles. The summed E-state index contributed by atoms with van der Waals surface area (Å²) >= 11 is 0. The number of hydrogen-bond acceptors (Lipinski definition) is 14. The molecule has 6 aromatic rings. The summed E-state index contributed by atoms with van der Waals surface area (Å²) in [6, 6.07) is 15.5. The van der Waals surface area contributed by atoms with Crippen molar-refractivity contribution in [3.05, 3.63) is 127 Å². The fraction of sp³-hybridized carbons (Fsp3) is 0.250. The minimum atomic E-state index is -5.33. The van der Waals surface area contributed by atoms with Crippen molar-refractivity contribution in [2.24, 2.45) is 0 Å². The Bertz CT molecular complexity index is 3270. The fourth-order valence-electron chi connectivity index (χ4n) is 8.00. The molecule has 0 amide bonds. The van der Waals surface area contributed by atoms with E-state index in [0.717, 1.165) is 6.07 Å². The summed E-state index contributed by atoms with van der Waals surface area (Å²) in [5.41, 5.74) is 3.73. The zero-order valence-corrected chi connectivity index (χ0v) is 40.6. The highest BCUT2D eigenvalue weighted by Gasteiger charge is 2.30. The number of rotatable bonds is 13. The molecular formula is C48H47O15S3-3. The second-order valence-corrected chi connectivity index (χ2v) is 20.3. The molecule has 0 radical (unpaired) electrons. The summed E-state index contributed by atoms with van der Waals surface area (Å²) in [6.07, 6.45) is 0. The Morgan fingerprint density at radius 2 is 0.682 bits per heavy atom. The third kappa shape index (κ3) is 9.84. The number of aryl methyl sites for hydroxylation is 9. The van der Waals surface area contributed by atoms with Gasteiger partial charge in [-0.2, -0.15) is 8.42 Å². The molecule has 0 unspecified atom stereocenters. The van der Waals surface area contributed by atoms with E-state index in [1.54, 1.807) is 90.9 Å². The molecule has 0 atom stereocenters. The summed E-state index contributed by atoms with van der Waals surface area (Å²) < 4.78 is 145. The van der Waals surface area contributed by atoms with Crippen molar-refractivity contribution in [3.63, 3.8) is 0 Å². The average molecular weight is 960 g/mol. The Balaban J connectivity index is 1.40. The molecule has 0 bridgehead atoms. The maximum atomic E-state index is 13.1. The van der Waals surface area contributed by atoms with Crippen LogP contribution in [0.3, 0.4) is 0 Å². The summed E-state index contributed by atoms with van der Waals surface area (Å²) in [5, 5.41) is 12.2. The lowest BCUT2D eigenvalue weighted by Crippen LogP contribution is -2.10. The van der Waals surface area contributed by atoms with E-state index >= 15 is 0 Å². The standard InChI is InChI=1S/C48H50O15S3/c1-23-14-13-15-24(2)41(23)61-37-21-30(8)44(33(11)47(37)65(53,54)55)63-39-22-31(9)45(34(12)48(39)66(56,57)58)62-38-20-29(7)43(32(10)46(38)64(50,51)52)60-36-18-27(5)42(28(6)19-36)59-35-16-25(3)40(49)26(4)17-35/h13-22,49H,1-12H3,(H,50,51,52)(H,53,54,55)(H,56,57,58)/p-3. The molecule has 350 valence electrons. The Morgan fingerprint density at radius 1 is 0.394 bits per heavy atom. The molecule has 0 fully saturated rings. The second-order valence-electron chi connectivity index (χ2n) is 16.3. The molecule has 0 aromatic heterocycles. The van der Waals surface area contributed by atoms with Crippen molar-refractivity contribution < 1.29 is 67.7 Å². The van der Waals surface area contributed by atoms with Gasteiger partial charge < -0.3 is 37.9 Å². The van der Waals surface area contributed by atoms with E-state index in [-0.39, 0.29) is 62.3 Å². The predicted molar refractivity (Wildman–Crippen MR) is 241 cm³/mol. The van der Waals surface area contributed by atoms with Crippen molar-refractivity contribution in [1.29, 1.82) is 0 Å². The molecule has 15 nitrogen and oxygen atoms in total. The third-order valence-corrected chi connectivity index (χ3v) is 14.0. The highest BCUT2D eigenvalue weighted by molar-refractivity contribution is 7.86. The second kappa shape index (κ2) is 17.9. The average Bonchev–Trinajstić information content (AvgIpc) is 3.16. The Kier molecular flexibility index (Phi) is 13.4. The quantitative estimate of drug-likeness (QED) is 0.106. The van der Waals surface area contributed by atoms with Gasteiger partial charge in [0.25, 0.3) is 10.1 Å². The first-order valence-corrected chi connectivity index (χ1v) is 24.4. The maximum absolute atomic E-state index is 13.1. The van der Waals surface area contributed by atoms with Gasteiger partial charge in [0.2, 0.25) is 0 Å². The van der Waals surface area contributed by atoms with Crippen LogP contribution in [0.4, 0.5) is 0 Å². The normalized spacial score (nSPS) is 12.0. The number of ether oxygens (including phenoxy) is 5. The lowest BCUT2D eigenvalue weighted by atomic mass is 10.1. The minimum absolute atomic E-state index is 0.0213. The van der Waals surface area contributed by atoms with Gasteiger partial charge >= 0.3 is 0 Å². The third-order valence-electron chi connectivity index (χ3n) is 10.9. The molecule has 0 heterocycles. The summed E-state index contributed by atoms with van der Waals surface area (Å²) in [7, 11) is -15.8. The first-order valence-electron chi connectivity index (χ1n) is 20.2. The minimum Gasteiger partial charge on any atom is -0.872 e. The van der Waals surface area contributed by atoms with Crippen molar-refractivity contribution in [3.8, 4) is 63.2 Å². The number of benzene rings is 6. The highest BCUT2D eigenvalue weighted by Crippen LogP contribution is 2.48. The van der Waals surface area contributed by atoms with Crippen molar-refractivity contribution in [2.75, 3.05) is 0 Å². The van der Waals surface area contributed by atoms with Gasteiger partial charge in [-0.25, -0.2) is 16.8 Å². The Morgan fingerprint density at radius 3 is 1.06 bits per heavy atom. The van der Waals surface area contributed by atoms with Crippen LogP contribution >= 0.6 is 0 Å². The predicted octanol–water partition coefficient (Wildman–Crippen LogP) is 10.5. The van der Waals surface area contributed by atoms with Gasteiger partial charge in [-0.3, -0.25) is 4.55 Å². The van der Waals surface area contributed by atoms with Crippen LogP contribution in [0.15, 0.2) is 75.4 Å². The van der Waals surface area contributed by atoms with Gasteiger partial charge in [0.05, 0.1) is 0 Å². The molecule has 6 rings (SSSR count). The molecule has 0 saturated heterocycles. The molecule has 0 aliphatic carbocycles. The van der Waals surface area contributed by atoms with Crippen molar-refractivity contribution in [2.45, 2.75) is 97.8 Å². The zero-order valence-electron chi connectivity index (χ0n) is 38.2. The largest absolute Gasteiger partial charge is 0.872 e. The van der Waals surface area contributed by atoms with Crippen LogP contribution < -0.4 is 28.8 Å². The van der Waals surface area contributed by atoms with Crippen LogP contribution in [-0.4, -0.2) is 38.9 Å². The topological polar surface area (TPSA) is 238 Å². The fourth-order valence-corrected chi connectivity index (χ4v) is 10.5. The maximum Gasteiger partial charge on any atom is 0.298 e. The van der Waals surface area contributed by atoms with Gasteiger partial charge in [0.15, 0.2) is 0 Å². The zero-order chi connectivity index (χ0) is 49.1. The summed E-state index contributed by atoms with van der Waals surface area (Å²) in [5.74, 6) is -0.239. The summed E-state index contributed by atoms with van der Waals surface area (Å²) in [6.45, 7) is 18.9. The van der Waals surface area contributed by atoms with Gasteiger partial charge in [0.1, 0.15) is 92.4 Å². The highest BCUT2D eigenvalue weighted by atomic mass is 32.2. The molecular weight excluding hydrogens is 913 g/mol. The van der Waals surface area contributed by atoms with Gasteiger partial charge in [-0.1, -0.05) is 29.3 Å². The van der Waals surface area contributed by atoms with E-state index in [1.807, 2.05) is 0 Å². The molecule has 0 aliphatic rings. The molecule has 66 heavy (non-hydrogen) atoms. The van der Waals surface area contributed by atoms with Gasteiger partial charge in [-0.15, -0.1) is 5.75 Å². The van der Waals surface area contributed by atoms with Gasteiger partial charge in [-0.05, 0) is 164 Å².